The van der Waals surface area contributed by atoms with Crippen molar-refractivity contribution in [2.24, 2.45) is 53.3 Å². The molecule has 5 saturated carbocycles. The third kappa shape index (κ3) is 1.39. The van der Waals surface area contributed by atoms with Crippen molar-refractivity contribution in [1.29, 1.82) is 0 Å². The maximum absolute atomic E-state index is 4.46. The van der Waals surface area contributed by atoms with Crippen LogP contribution in [-0.4, -0.2) is 5.75 Å². The van der Waals surface area contributed by atoms with Crippen LogP contribution in [-0.2, 0) is 0 Å². The largest absolute Gasteiger partial charge is 0.179 e. The van der Waals surface area contributed by atoms with Gasteiger partial charge in [0.05, 0.1) is 0 Å². The zero-order chi connectivity index (χ0) is 12.6. The summed E-state index contributed by atoms with van der Waals surface area (Å²) in [5.74, 6) is 11.7. The topological polar surface area (TPSA) is 0 Å². The summed E-state index contributed by atoms with van der Waals surface area (Å²) in [7, 11) is 0. The Kier molecular flexibility index (Phi) is 2.63. The van der Waals surface area contributed by atoms with Crippen molar-refractivity contribution in [2.75, 3.05) is 5.75 Å². The van der Waals surface area contributed by atoms with Crippen molar-refractivity contribution in [3.05, 3.63) is 0 Å². The number of hydrogen-bond donors (Lipinski definition) is 1. The van der Waals surface area contributed by atoms with Crippen LogP contribution in [0.2, 0.25) is 0 Å². The fourth-order valence-corrected chi connectivity index (χ4v) is 8.43. The van der Waals surface area contributed by atoms with Gasteiger partial charge in [0.25, 0.3) is 0 Å². The lowest BCUT2D eigenvalue weighted by Crippen LogP contribution is -2.35. The summed E-state index contributed by atoms with van der Waals surface area (Å²) >= 11 is 4.46. The normalized spacial score (nSPS) is 60.8. The van der Waals surface area contributed by atoms with E-state index in [1.165, 1.54) is 48.3 Å². The van der Waals surface area contributed by atoms with Gasteiger partial charge in [-0.3, -0.25) is 0 Å². The highest BCUT2D eigenvalue weighted by atomic mass is 32.1. The summed E-state index contributed by atoms with van der Waals surface area (Å²) in [6, 6.07) is 0. The lowest BCUT2D eigenvalue weighted by Gasteiger charge is -2.40. The van der Waals surface area contributed by atoms with Crippen LogP contribution >= 0.6 is 12.6 Å². The predicted octanol–water partition coefficient (Wildman–Crippen LogP) is 4.65. The Balaban J connectivity index is 1.44. The zero-order valence-corrected chi connectivity index (χ0v) is 12.9. The highest BCUT2D eigenvalue weighted by Gasteiger charge is 2.68. The average molecular weight is 276 g/mol. The van der Waals surface area contributed by atoms with Crippen molar-refractivity contribution in [3.63, 3.8) is 0 Å². The highest BCUT2D eigenvalue weighted by Crippen LogP contribution is 2.74. The van der Waals surface area contributed by atoms with Crippen molar-refractivity contribution in [2.45, 2.75) is 51.4 Å². The second-order valence-corrected chi connectivity index (χ2v) is 8.86. The van der Waals surface area contributed by atoms with Gasteiger partial charge in [0.2, 0.25) is 0 Å². The molecule has 0 N–H and O–H groups in total. The van der Waals surface area contributed by atoms with Crippen LogP contribution in [0.25, 0.3) is 0 Å². The second kappa shape index (κ2) is 4.18. The van der Waals surface area contributed by atoms with E-state index in [4.69, 9.17) is 0 Å². The molecular weight excluding hydrogens is 248 g/mol. The van der Waals surface area contributed by atoms with Crippen molar-refractivity contribution >= 4 is 12.6 Å². The molecule has 5 aliphatic rings. The molecule has 0 amide bonds. The van der Waals surface area contributed by atoms with Gasteiger partial charge in [0.1, 0.15) is 0 Å². The molecule has 0 aromatic rings. The Labute approximate surface area is 123 Å². The van der Waals surface area contributed by atoms with Crippen LogP contribution in [0.15, 0.2) is 0 Å². The molecule has 8 atom stereocenters. The first-order valence-corrected chi connectivity index (χ1v) is 9.64. The first-order valence-electron chi connectivity index (χ1n) is 9.01. The van der Waals surface area contributed by atoms with E-state index in [0.717, 1.165) is 23.5 Å². The van der Waals surface area contributed by atoms with E-state index in [-0.39, 0.29) is 0 Å². The first kappa shape index (κ1) is 12.0. The minimum absolute atomic E-state index is 1.11. The van der Waals surface area contributed by atoms with Crippen LogP contribution in [0.5, 0.6) is 0 Å². The van der Waals surface area contributed by atoms with Crippen LogP contribution in [0.3, 0.4) is 0 Å². The standard InChI is InChI=1S/C18H28S/c19-8-2-5-12-13-6-7-14(12)18-16-9-15(17(13)18)10-3-1-4-11(10)16/h10-19H,1-9H2. The van der Waals surface area contributed by atoms with Gasteiger partial charge in [0.15, 0.2) is 0 Å². The zero-order valence-electron chi connectivity index (χ0n) is 12.0. The van der Waals surface area contributed by atoms with Crippen molar-refractivity contribution in [1.82, 2.24) is 0 Å². The van der Waals surface area contributed by atoms with Crippen LogP contribution < -0.4 is 0 Å². The summed E-state index contributed by atoms with van der Waals surface area (Å²) in [6.07, 6.45) is 12.5. The molecule has 0 nitrogen and oxygen atoms in total. The maximum atomic E-state index is 4.46. The fraction of sp³-hybridized carbons (Fsp3) is 1.00. The van der Waals surface area contributed by atoms with E-state index in [0.29, 0.717) is 0 Å². The van der Waals surface area contributed by atoms with E-state index < -0.39 is 0 Å². The minimum atomic E-state index is 1.11. The molecule has 5 fully saturated rings. The third-order valence-electron chi connectivity index (χ3n) is 8.32. The molecule has 0 aromatic heterocycles. The highest BCUT2D eigenvalue weighted by molar-refractivity contribution is 7.80. The predicted molar refractivity (Wildman–Crippen MR) is 82.2 cm³/mol. The fourth-order valence-electron chi connectivity index (χ4n) is 8.25. The number of thiol groups is 1. The van der Waals surface area contributed by atoms with E-state index >= 15 is 0 Å². The minimum Gasteiger partial charge on any atom is -0.179 e. The molecule has 0 heterocycles. The maximum Gasteiger partial charge on any atom is -0.00978 e. The first-order chi connectivity index (χ1) is 9.40. The Morgan fingerprint density at radius 2 is 1.37 bits per heavy atom. The number of fused-ring (bicyclic) bond motifs is 12. The van der Waals surface area contributed by atoms with E-state index in [2.05, 4.69) is 12.6 Å². The molecule has 0 saturated heterocycles. The van der Waals surface area contributed by atoms with Gasteiger partial charge < -0.3 is 0 Å². The van der Waals surface area contributed by atoms with Gasteiger partial charge in [-0.1, -0.05) is 6.42 Å². The van der Waals surface area contributed by atoms with Gasteiger partial charge in [-0.2, -0.15) is 12.6 Å². The molecule has 0 aromatic carbocycles. The molecule has 19 heavy (non-hydrogen) atoms. The van der Waals surface area contributed by atoms with E-state index in [1.807, 2.05) is 0 Å². The lowest BCUT2D eigenvalue weighted by atomic mass is 9.64. The monoisotopic (exact) mass is 276 g/mol. The third-order valence-corrected chi connectivity index (χ3v) is 8.64. The molecule has 4 bridgehead atoms. The molecule has 5 rings (SSSR count). The van der Waals surface area contributed by atoms with Crippen LogP contribution in [0.1, 0.15) is 51.4 Å². The summed E-state index contributed by atoms with van der Waals surface area (Å²) in [4.78, 5) is 0. The quantitative estimate of drug-likeness (QED) is 0.563. The van der Waals surface area contributed by atoms with E-state index in [1.54, 1.807) is 38.5 Å². The van der Waals surface area contributed by atoms with Gasteiger partial charge in [-0.05, 0) is 104 Å². The second-order valence-electron chi connectivity index (χ2n) is 8.41. The van der Waals surface area contributed by atoms with Gasteiger partial charge in [0, 0.05) is 0 Å². The molecule has 0 radical (unpaired) electrons. The van der Waals surface area contributed by atoms with E-state index in [9.17, 15) is 0 Å². The molecule has 8 unspecified atom stereocenters. The molecule has 0 spiro atoms. The molecule has 5 aliphatic carbocycles. The average Bonchev–Trinajstić information content (AvgIpc) is 3.17. The lowest BCUT2D eigenvalue weighted by molar-refractivity contribution is 0.0716. The molecule has 0 aliphatic heterocycles. The summed E-state index contributed by atoms with van der Waals surface area (Å²) in [5.41, 5.74) is 0. The Morgan fingerprint density at radius 3 is 1.95 bits per heavy atom. The summed E-state index contributed by atoms with van der Waals surface area (Å²) in [5, 5.41) is 0. The van der Waals surface area contributed by atoms with Gasteiger partial charge in [-0.15, -0.1) is 0 Å². The Hall–Kier alpha value is 0.350. The van der Waals surface area contributed by atoms with Crippen molar-refractivity contribution < 1.29 is 0 Å². The molecule has 106 valence electrons. The van der Waals surface area contributed by atoms with Gasteiger partial charge in [-0.25, -0.2) is 0 Å². The Bertz CT molecular complexity index is 348. The SMILES string of the molecule is SCCCC1C2CCC1C1C3CC(C4CCCC43)C21. The summed E-state index contributed by atoms with van der Waals surface area (Å²) in [6.45, 7) is 0. The van der Waals surface area contributed by atoms with Crippen LogP contribution in [0, 0.1) is 53.3 Å². The number of hydrogen-bond acceptors (Lipinski definition) is 1. The molecular formula is C18H28S. The summed E-state index contributed by atoms with van der Waals surface area (Å²) < 4.78 is 0. The smallest absolute Gasteiger partial charge is 0.00978 e. The van der Waals surface area contributed by atoms with Gasteiger partial charge >= 0.3 is 0 Å². The Morgan fingerprint density at radius 1 is 0.737 bits per heavy atom. The number of rotatable bonds is 3. The van der Waals surface area contributed by atoms with Crippen LogP contribution in [0.4, 0.5) is 0 Å². The molecule has 1 heteroatoms. The van der Waals surface area contributed by atoms with Crippen molar-refractivity contribution in [3.8, 4) is 0 Å².